The molecule has 7 heteroatoms. The molecule has 0 saturated heterocycles. The second-order valence-electron chi connectivity index (χ2n) is 4.59. The summed E-state index contributed by atoms with van der Waals surface area (Å²) in [6, 6.07) is 8.78. The van der Waals surface area contributed by atoms with Gasteiger partial charge >= 0.3 is 0 Å². The standard InChI is InChI=1S/C14H11F2N5/c1-8-2-4-10(7-12(8)15)21-14(18-19-20-21)11-5-3-9(17)6-13(11)16/h2-7H,17H2,1H3. The number of benzene rings is 2. The van der Waals surface area contributed by atoms with E-state index < -0.39 is 5.82 Å². The van der Waals surface area contributed by atoms with Gasteiger partial charge in [-0.1, -0.05) is 6.07 Å². The molecule has 0 aliphatic carbocycles. The number of hydrogen-bond acceptors (Lipinski definition) is 4. The van der Waals surface area contributed by atoms with Gasteiger partial charge in [-0.3, -0.25) is 0 Å². The van der Waals surface area contributed by atoms with Gasteiger partial charge in [-0.05, 0) is 53.2 Å². The van der Waals surface area contributed by atoms with E-state index in [1.807, 2.05) is 0 Å². The Kier molecular flexibility index (Phi) is 3.09. The van der Waals surface area contributed by atoms with Crippen molar-refractivity contribution >= 4 is 5.69 Å². The zero-order valence-electron chi connectivity index (χ0n) is 11.1. The number of halogens is 2. The molecule has 0 aliphatic heterocycles. The average molecular weight is 287 g/mol. The van der Waals surface area contributed by atoms with Gasteiger partial charge in [-0.25, -0.2) is 8.78 Å². The van der Waals surface area contributed by atoms with Crippen LogP contribution >= 0.6 is 0 Å². The summed E-state index contributed by atoms with van der Waals surface area (Å²) in [6.45, 7) is 1.65. The highest BCUT2D eigenvalue weighted by Crippen LogP contribution is 2.24. The van der Waals surface area contributed by atoms with Crippen LogP contribution in [0.2, 0.25) is 0 Å². The first kappa shape index (κ1) is 13.2. The van der Waals surface area contributed by atoms with Gasteiger partial charge in [0.05, 0.1) is 11.3 Å². The summed E-state index contributed by atoms with van der Waals surface area (Å²) in [5.41, 5.74) is 6.93. The molecule has 0 saturated carbocycles. The third-order valence-electron chi connectivity index (χ3n) is 3.10. The Bertz CT molecular complexity index is 813. The van der Waals surface area contributed by atoms with Gasteiger partial charge in [0.25, 0.3) is 0 Å². The van der Waals surface area contributed by atoms with Crippen LogP contribution in [-0.4, -0.2) is 20.2 Å². The van der Waals surface area contributed by atoms with Crippen LogP contribution in [0.4, 0.5) is 14.5 Å². The second kappa shape index (κ2) is 4.93. The number of aromatic nitrogens is 4. The quantitative estimate of drug-likeness (QED) is 0.735. The molecule has 1 aromatic heterocycles. The summed E-state index contributed by atoms with van der Waals surface area (Å²) in [6.07, 6.45) is 0. The fraction of sp³-hybridized carbons (Fsp3) is 0.0714. The number of nitrogen functional groups attached to an aromatic ring is 1. The van der Waals surface area contributed by atoms with E-state index in [1.165, 1.54) is 22.9 Å². The van der Waals surface area contributed by atoms with Gasteiger partial charge in [0.15, 0.2) is 5.82 Å². The van der Waals surface area contributed by atoms with Gasteiger partial charge in [0.1, 0.15) is 11.6 Å². The summed E-state index contributed by atoms with van der Waals surface area (Å²) < 4.78 is 28.9. The second-order valence-corrected chi connectivity index (χ2v) is 4.59. The molecule has 5 nitrogen and oxygen atoms in total. The molecule has 2 N–H and O–H groups in total. The smallest absolute Gasteiger partial charge is 0.190 e. The number of anilines is 1. The van der Waals surface area contributed by atoms with Crippen molar-refractivity contribution in [3.05, 3.63) is 53.6 Å². The maximum atomic E-state index is 14.0. The van der Waals surface area contributed by atoms with Gasteiger partial charge in [-0.15, -0.1) is 5.10 Å². The van der Waals surface area contributed by atoms with E-state index in [-0.39, 0.29) is 17.2 Å². The largest absolute Gasteiger partial charge is 0.399 e. The molecule has 3 aromatic rings. The molecule has 2 aromatic carbocycles. The lowest BCUT2D eigenvalue weighted by Crippen LogP contribution is -2.02. The van der Waals surface area contributed by atoms with Crippen LogP contribution in [0, 0.1) is 18.6 Å². The number of nitrogens with zero attached hydrogens (tertiary/aromatic N) is 4. The lowest BCUT2D eigenvalue weighted by Gasteiger charge is -2.07. The van der Waals surface area contributed by atoms with Crippen LogP contribution in [0.15, 0.2) is 36.4 Å². The maximum Gasteiger partial charge on any atom is 0.190 e. The SMILES string of the molecule is Cc1ccc(-n2nnnc2-c2ccc(N)cc2F)cc1F. The summed E-state index contributed by atoms with van der Waals surface area (Å²) in [4.78, 5) is 0. The number of aryl methyl sites for hydroxylation is 1. The van der Waals surface area contributed by atoms with Crippen molar-refractivity contribution in [2.45, 2.75) is 6.92 Å². The first-order valence-electron chi connectivity index (χ1n) is 6.16. The lowest BCUT2D eigenvalue weighted by molar-refractivity contribution is 0.615. The zero-order valence-corrected chi connectivity index (χ0v) is 11.1. The van der Waals surface area contributed by atoms with E-state index in [0.29, 0.717) is 16.9 Å². The number of hydrogen-bond donors (Lipinski definition) is 1. The van der Waals surface area contributed by atoms with Gasteiger partial charge in [0.2, 0.25) is 0 Å². The average Bonchev–Trinajstić information content (AvgIpc) is 2.91. The van der Waals surface area contributed by atoms with E-state index >= 15 is 0 Å². The van der Waals surface area contributed by atoms with Crippen LogP contribution in [0.1, 0.15) is 5.56 Å². The van der Waals surface area contributed by atoms with E-state index in [2.05, 4.69) is 15.5 Å². The van der Waals surface area contributed by atoms with Crippen LogP contribution < -0.4 is 5.73 Å². The van der Waals surface area contributed by atoms with Gasteiger partial charge < -0.3 is 5.73 Å². The highest BCUT2D eigenvalue weighted by Gasteiger charge is 2.15. The van der Waals surface area contributed by atoms with Crippen molar-refractivity contribution < 1.29 is 8.78 Å². The summed E-state index contributed by atoms with van der Waals surface area (Å²) >= 11 is 0. The molecule has 21 heavy (non-hydrogen) atoms. The van der Waals surface area contributed by atoms with Crippen LogP contribution in [0.25, 0.3) is 17.1 Å². The molecule has 106 valence electrons. The molecule has 0 atom stereocenters. The third kappa shape index (κ3) is 2.33. The first-order valence-corrected chi connectivity index (χ1v) is 6.16. The van der Waals surface area contributed by atoms with Gasteiger partial charge in [0, 0.05) is 5.69 Å². The maximum absolute atomic E-state index is 14.0. The Labute approximate surface area is 119 Å². The molecule has 0 spiro atoms. The van der Waals surface area contributed by atoms with Crippen molar-refractivity contribution in [3.8, 4) is 17.1 Å². The Morgan fingerprint density at radius 1 is 1.05 bits per heavy atom. The fourth-order valence-electron chi connectivity index (χ4n) is 1.96. The highest BCUT2D eigenvalue weighted by atomic mass is 19.1. The van der Waals surface area contributed by atoms with Gasteiger partial charge in [-0.2, -0.15) is 4.68 Å². The number of nitrogens with two attached hydrogens (primary N) is 1. The normalized spacial score (nSPS) is 10.8. The molecule has 0 fully saturated rings. The van der Waals surface area contributed by atoms with Crippen molar-refractivity contribution in [2.75, 3.05) is 5.73 Å². The summed E-state index contributed by atoms with van der Waals surface area (Å²) in [7, 11) is 0. The summed E-state index contributed by atoms with van der Waals surface area (Å²) in [5, 5.41) is 11.1. The van der Waals surface area contributed by atoms with Crippen molar-refractivity contribution in [2.24, 2.45) is 0 Å². The molecule has 3 rings (SSSR count). The Morgan fingerprint density at radius 2 is 1.86 bits per heavy atom. The van der Waals surface area contributed by atoms with E-state index in [4.69, 9.17) is 5.73 Å². The lowest BCUT2D eigenvalue weighted by atomic mass is 10.1. The van der Waals surface area contributed by atoms with E-state index in [1.54, 1.807) is 25.1 Å². The highest BCUT2D eigenvalue weighted by molar-refractivity contribution is 5.61. The monoisotopic (exact) mass is 287 g/mol. The Morgan fingerprint density at radius 3 is 2.57 bits per heavy atom. The van der Waals surface area contributed by atoms with E-state index in [0.717, 1.165) is 0 Å². The zero-order chi connectivity index (χ0) is 15.0. The van der Waals surface area contributed by atoms with Crippen molar-refractivity contribution in [1.29, 1.82) is 0 Å². The predicted molar refractivity (Wildman–Crippen MR) is 73.7 cm³/mol. The number of rotatable bonds is 2. The molecule has 1 heterocycles. The fourth-order valence-corrected chi connectivity index (χ4v) is 1.96. The van der Waals surface area contributed by atoms with E-state index in [9.17, 15) is 8.78 Å². The summed E-state index contributed by atoms with van der Waals surface area (Å²) in [5.74, 6) is -0.749. The molecule has 0 aliphatic rings. The first-order chi connectivity index (χ1) is 10.1. The van der Waals surface area contributed by atoms with Crippen LogP contribution in [-0.2, 0) is 0 Å². The molecular weight excluding hydrogens is 276 g/mol. The molecule has 0 amide bonds. The minimum absolute atomic E-state index is 0.177. The molecule has 0 bridgehead atoms. The van der Waals surface area contributed by atoms with Crippen LogP contribution in [0.5, 0.6) is 0 Å². The van der Waals surface area contributed by atoms with Crippen molar-refractivity contribution in [3.63, 3.8) is 0 Å². The number of tetrazole rings is 1. The molecule has 0 radical (unpaired) electrons. The van der Waals surface area contributed by atoms with Crippen molar-refractivity contribution in [1.82, 2.24) is 20.2 Å². The third-order valence-corrected chi connectivity index (χ3v) is 3.10. The minimum atomic E-state index is -0.543. The molecular formula is C14H11F2N5. The molecule has 0 unspecified atom stereocenters. The Hall–Kier alpha value is -2.83. The van der Waals surface area contributed by atoms with Crippen LogP contribution in [0.3, 0.4) is 0 Å². The topological polar surface area (TPSA) is 69.6 Å². The minimum Gasteiger partial charge on any atom is -0.399 e. The predicted octanol–water partition coefficient (Wildman–Crippen LogP) is 2.50. The Balaban J connectivity index is 2.14.